The normalized spacial score (nSPS) is 19.4. The van der Waals surface area contributed by atoms with E-state index in [2.05, 4.69) is 20.4 Å². The first-order valence-corrected chi connectivity index (χ1v) is 9.27. The molecule has 0 spiro atoms. The van der Waals surface area contributed by atoms with Crippen LogP contribution in [0, 0.1) is 0 Å². The van der Waals surface area contributed by atoms with E-state index in [0.717, 1.165) is 31.8 Å². The van der Waals surface area contributed by atoms with Crippen LogP contribution in [0.3, 0.4) is 0 Å². The Morgan fingerprint density at radius 1 is 1.36 bits per heavy atom. The molecule has 1 aliphatic heterocycles. The van der Waals surface area contributed by atoms with E-state index in [1.165, 1.54) is 12.1 Å². The van der Waals surface area contributed by atoms with Gasteiger partial charge in [-0.1, -0.05) is 17.3 Å². The molecule has 1 N–H and O–H groups in total. The summed E-state index contributed by atoms with van der Waals surface area (Å²) in [6.45, 7) is 2.52. The number of likely N-dealkylation sites (N-methyl/N-ethyl adjacent to an activating group) is 1. The predicted octanol–water partition coefficient (Wildman–Crippen LogP) is 1.23. The second kappa shape index (κ2) is 7.14. The lowest BCUT2D eigenvalue weighted by molar-refractivity contribution is 0.190. The minimum Gasteiger partial charge on any atom is -0.339 e. The molecule has 1 aromatic carbocycles. The van der Waals surface area contributed by atoms with Crippen LogP contribution in [0.4, 0.5) is 8.78 Å². The van der Waals surface area contributed by atoms with Gasteiger partial charge in [0, 0.05) is 19.6 Å². The molecule has 0 bridgehead atoms. The Bertz CT molecular complexity index is 824. The van der Waals surface area contributed by atoms with E-state index in [-0.39, 0.29) is 6.04 Å². The van der Waals surface area contributed by atoms with E-state index in [1.807, 2.05) is 7.05 Å². The zero-order valence-corrected chi connectivity index (χ0v) is 14.3. The van der Waals surface area contributed by atoms with Gasteiger partial charge in [-0.15, -0.1) is 0 Å². The summed E-state index contributed by atoms with van der Waals surface area (Å²) in [7, 11) is -2.59. The SMILES string of the molecule is CN1CCNCC1c1noc(Cc2ccc(S(=O)(=O)C(F)F)cc2)n1. The highest BCUT2D eigenvalue weighted by Crippen LogP contribution is 2.21. The Labute approximate surface area is 143 Å². The van der Waals surface area contributed by atoms with E-state index in [0.29, 0.717) is 23.7 Å². The Balaban J connectivity index is 1.71. The molecule has 0 radical (unpaired) electrons. The first kappa shape index (κ1) is 17.9. The second-order valence-corrected chi connectivity index (χ2v) is 7.79. The molecule has 0 saturated carbocycles. The summed E-state index contributed by atoms with van der Waals surface area (Å²) in [6.07, 6.45) is 0.297. The van der Waals surface area contributed by atoms with Gasteiger partial charge in [0.1, 0.15) is 0 Å². The summed E-state index contributed by atoms with van der Waals surface area (Å²) in [5, 5.41) is 7.27. The highest BCUT2D eigenvalue weighted by atomic mass is 32.2. The van der Waals surface area contributed by atoms with Gasteiger partial charge in [-0.2, -0.15) is 13.8 Å². The van der Waals surface area contributed by atoms with Gasteiger partial charge in [0.25, 0.3) is 0 Å². The Hall–Kier alpha value is -1.91. The number of sulfone groups is 1. The van der Waals surface area contributed by atoms with Gasteiger partial charge >= 0.3 is 5.76 Å². The van der Waals surface area contributed by atoms with E-state index in [4.69, 9.17) is 4.52 Å². The van der Waals surface area contributed by atoms with Gasteiger partial charge in [-0.3, -0.25) is 4.90 Å². The highest BCUT2D eigenvalue weighted by molar-refractivity contribution is 7.91. The molecule has 1 atom stereocenters. The van der Waals surface area contributed by atoms with Crippen LogP contribution in [0.2, 0.25) is 0 Å². The van der Waals surface area contributed by atoms with Gasteiger partial charge in [0.15, 0.2) is 5.82 Å². The second-order valence-electron chi connectivity index (χ2n) is 5.87. The lowest BCUT2D eigenvalue weighted by Crippen LogP contribution is -2.44. The molecule has 10 heteroatoms. The predicted molar refractivity (Wildman–Crippen MR) is 85.0 cm³/mol. The fourth-order valence-electron chi connectivity index (χ4n) is 2.64. The van der Waals surface area contributed by atoms with Crippen LogP contribution in [0.15, 0.2) is 33.7 Å². The summed E-state index contributed by atoms with van der Waals surface area (Å²) in [6, 6.07) is 5.28. The van der Waals surface area contributed by atoms with Crippen molar-refractivity contribution in [2.45, 2.75) is 23.1 Å². The minimum atomic E-state index is -4.58. The lowest BCUT2D eigenvalue weighted by Gasteiger charge is -2.30. The number of nitrogens with one attached hydrogen (secondary N) is 1. The molecular formula is C15H18F2N4O3S. The van der Waals surface area contributed by atoms with Crippen molar-refractivity contribution in [1.82, 2.24) is 20.4 Å². The Morgan fingerprint density at radius 2 is 2.08 bits per heavy atom. The molecule has 2 heterocycles. The van der Waals surface area contributed by atoms with Crippen molar-refractivity contribution in [3.8, 4) is 0 Å². The number of hydrogen-bond acceptors (Lipinski definition) is 7. The zero-order valence-electron chi connectivity index (χ0n) is 13.5. The van der Waals surface area contributed by atoms with Crippen molar-refractivity contribution in [2.75, 3.05) is 26.7 Å². The maximum absolute atomic E-state index is 12.5. The molecule has 136 valence electrons. The molecule has 1 unspecified atom stereocenters. The van der Waals surface area contributed by atoms with Crippen LogP contribution in [-0.4, -0.2) is 55.9 Å². The number of aromatic nitrogens is 2. The van der Waals surface area contributed by atoms with Crippen molar-refractivity contribution >= 4 is 9.84 Å². The number of piperazine rings is 1. The van der Waals surface area contributed by atoms with Crippen molar-refractivity contribution in [1.29, 1.82) is 0 Å². The minimum absolute atomic E-state index is 0.0322. The largest absolute Gasteiger partial charge is 0.341 e. The molecule has 1 fully saturated rings. The topological polar surface area (TPSA) is 88.3 Å². The van der Waals surface area contributed by atoms with Crippen LogP contribution in [0.25, 0.3) is 0 Å². The summed E-state index contributed by atoms with van der Waals surface area (Å²) in [4.78, 5) is 6.11. The summed E-state index contributed by atoms with van der Waals surface area (Å²) < 4.78 is 53.1. The van der Waals surface area contributed by atoms with E-state index >= 15 is 0 Å². The summed E-state index contributed by atoms with van der Waals surface area (Å²) >= 11 is 0. The quantitative estimate of drug-likeness (QED) is 0.845. The number of halogens is 2. The van der Waals surface area contributed by atoms with E-state index in [1.54, 1.807) is 0 Å². The van der Waals surface area contributed by atoms with Crippen molar-refractivity contribution < 1.29 is 21.7 Å². The van der Waals surface area contributed by atoms with Crippen LogP contribution in [0.5, 0.6) is 0 Å². The third kappa shape index (κ3) is 3.86. The smallest absolute Gasteiger partial charge is 0.339 e. The van der Waals surface area contributed by atoms with Gasteiger partial charge < -0.3 is 9.84 Å². The average Bonchev–Trinajstić information content (AvgIpc) is 3.04. The third-order valence-electron chi connectivity index (χ3n) is 4.13. The first-order valence-electron chi connectivity index (χ1n) is 7.72. The van der Waals surface area contributed by atoms with Crippen LogP contribution >= 0.6 is 0 Å². The molecule has 1 aliphatic rings. The first-order chi connectivity index (χ1) is 11.9. The molecule has 1 saturated heterocycles. The zero-order chi connectivity index (χ0) is 18.0. The summed E-state index contributed by atoms with van der Waals surface area (Å²) in [5.74, 6) is -2.46. The Morgan fingerprint density at radius 3 is 2.72 bits per heavy atom. The van der Waals surface area contributed by atoms with Crippen LogP contribution in [-0.2, 0) is 16.3 Å². The molecule has 1 aromatic heterocycles. The van der Waals surface area contributed by atoms with Crippen molar-refractivity contribution in [3.05, 3.63) is 41.5 Å². The van der Waals surface area contributed by atoms with Gasteiger partial charge in [-0.05, 0) is 24.7 Å². The number of nitrogens with zero attached hydrogens (tertiary/aromatic N) is 3. The van der Waals surface area contributed by atoms with Gasteiger partial charge in [-0.25, -0.2) is 8.42 Å². The maximum atomic E-state index is 12.5. The number of alkyl halides is 2. The number of rotatable bonds is 5. The monoisotopic (exact) mass is 372 g/mol. The molecule has 0 aliphatic carbocycles. The van der Waals surface area contributed by atoms with Crippen LogP contribution in [0.1, 0.15) is 23.3 Å². The van der Waals surface area contributed by atoms with Crippen molar-refractivity contribution in [2.24, 2.45) is 0 Å². The van der Waals surface area contributed by atoms with Crippen molar-refractivity contribution in [3.63, 3.8) is 0 Å². The van der Waals surface area contributed by atoms with Crippen LogP contribution < -0.4 is 5.32 Å². The number of benzene rings is 1. The molecule has 25 heavy (non-hydrogen) atoms. The lowest BCUT2D eigenvalue weighted by atomic mass is 10.1. The fraction of sp³-hybridized carbons (Fsp3) is 0.467. The molecular weight excluding hydrogens is 354 g/mol. The Kier molecular flexibility index (Phi) is 5.11. The van der Waals surface area contributed by atoms with Gasteiger partial charge in [0.05, 0.1) is 17.4 Å². The average molecular weight is 372 g/mol. The number of hydrogen-bond donors (Lipinski definition) is 1. The molecule has 7 nitrogen and oxygen atoms in total. The molecule has 0 amide bonds. The van der Waals surface area contributed by atoms with E-state index in [9.17, 15) is 17.2 Å². The van der Waals surface area contributed by atoms with E-state index < -0.39 is 20.5 Å². The standard InChI is InChI=1S/C15H18F2N4O3S/c1-21-7-6-18-9-12(21)14-19-13(24-20-14)8-10-2-4-11(5-3-10)25(22,23)15(16)17/h2-5,12,15,18H,6-9H2,1H3. The fourth-order valence-corrected chi connectivity index (χ4v) is 3.37. The highest BCUT2D eigenvalue weighted by Gasteiger charge is 2.27. The van der Waals surface area contributed by atoms with Gasteiger partial charge in [0.2, 0.25) is 15.7 Å². The maximum Gasteiger partial charge on any atom is 0.341 e. The summed E-state index contributed by atoms with van der Waals surface area (Å²) in [5.41, 5.74) is 0.693. The molecule has 2 aromatic rings. The molecule has 3 rings (SSSR count). The third-order valence-corrected chi connectivity index (χ3v) is 5.53.